The van der Waals surface area contributed by atoms with E-state index in [0.717, 1.165) is 269 Å². The molecule has 0 saturated carbocycles. The van der Waals surface area contributed by atoms with E-state index in [1.54, 1.807) is 0 Å². The van der Waals surface area contributed by atoms with Crippen LogP contribution in [0.25, 0.3) is 0 Å². The second-order valence-corrected chi connectivity index (χ2v) is 36.6. The van der Waals surface area contributed by atoms with Crippen LogP contribution in [-0.2, 0) is 0 Å². The Labute approximate surface area is 815 Å². The summed E-state index contributed by atoms with van der Waals surface area (Å²) >= 11 is 21.0. The molecule has 10 aromatic rings. The molecular formula is C105H126Br6O18. The van der Waals surface area contributed by atoms with Gasteiger partial charge in [-0.3, -0.25) is 0 Å². The zero-order valence-electron chi connectivity index (χ0n) is 74.2. The van der Waals surface area contributed by atoms with Gasteiger partial charge in [-0.2, -0.15) is 0 Å². The Balaban J connectivity index is 0.694. The molecule has 129 heavy (non-hydrogen) atoms. The first-order valence-electron chi connectivity index (χ1n) is 45.9. The summed E-state index contributed by atoms with van der Waals surface area (Å²) in [5, 5.41) is 0. The Morgan fingerprint density at radius 3 is 0.264 bits per heavy atom. The normalized spacial score (nSPS) is 11.0. The molecule has 0 spiro atoms. The molecule has 0 aromatic heterocycles. The summed E-state index contributed by atoms with van der Waals surface area (Å²) in [6, 6.07) is 71.1. The van der Waals surface area contributed by atoms with Gasteiger partial charge < -0.3 is 85.3 Å². The smallest absolute Gasteiger partial charge is 0.126 e. The fraction of sp³-hybridized carbons (Fsp3) is 0.429. The van der Waals surface area contributed by atoms with Crippen molar-refractivity contribution < 1.29 is 85.3 Å². The third-order valence-corrected chi connectivity index (χ3v) is 23.4. The highest BCUT2D eigenvalue weighted by molar-refractivity contribution is 9.11. The Hall–Kier alpha value is -8.52. The summed E-state index contributed by atoms with van der Waals surface area (Å²) in [6.07, 6.45) is 24.3. The van der Waals surface area contributed by atoms with E-state index in [9.17, 15) is 0 Å². The Bertz CT molecular complexity index is 3920. The van der Waals surface area contributed by atoms with Crippen molar-refractivity contribution in [3.63, 3.8) is 0 Å². The van der Waals surface area contributed by atoms with Crippen molar-refractivity contribution in [3.05, 3.63) is 245 Å². The summed E-state index contributed by atoms with van der Waals surface area (Å²) < 4.78 is 119. The van der Waals surface area contributed by atoms with Crippen LogP contribution >= 0.6 is 95.6 Å². The van der Waals surface area contributed by atoms with Crippen LogP contribution in [0.3, 0.4) is 0 Å². The van der Waals surface area contributed by atoms with Gasteiger partial charge in [-0.05, 0) is 319 Å². The molecule has 0 heterocycles. The van der Waals surface area contributed by atoms with Gasteiger partial charge in [-0.1, -0.05) is 95.6 Å². The summed E-state index contributed by atoms with van der Waals surface area (Å²) in [4.78, 5) is 0. The van der Waals surface area contributed by atoms with Crippen molar-refractivity contribution in [2.24, 2.45) is 0 Å². The predicted octanol–water partition coefficient (Wildman–Crippen LogP) is 29.9. The number of ether oxygens (including phenoxy) is 18. The average molecular weight is 2160 g/mol. The van der Waals surface area contributed by atoms with Crippen LogP contribution in [0, 0.1) is 0 Å². The van der Waals surface area contributed by atoms with Crippen molar-refractivity contribution in [3.8, 4) is 103 Å². The maximum atomic E-state index is 6.49. The maximum Gasteiger partial charge on any atom is 0.126 e. The van der Waals surface area contributed by atoms with Crippen molar-refractivity contribution in [2.45, 2.75) is 173 Å². The van der Waals surface area contributed by atoms with E-state index in [0.29, 0.717) is 153 Å². The van der Waals surface area contributed by atoms with E-state index in [1.165, 1.54) is 0 Å². The molecule has 18 nitrogen and oxygen atoms in total. The molecule has 0 unspecified atom stereocenters. The fourth-order valence-corrected chi connectivity index (χ4v) is 14.8. The van der Waals surface area contributed by atoms with Crippen LogP contribution in [0.2, 0.25) is 0 Å². The van der Waals surface area contributed by atoms with Crippen LogP contribution in [-0.4, -0.2) is 119 Å². The molecule has 696 valence electrons. The van der Waals surface area contributed by atoms with E-state index in [2.05, 4.69) is 95.6 Å². The third kappa shape index (κ3) is 45.9. The predicted molar refractivity (Wildman–Crippen MR) is 534 cm³/mol. The van der Waals surface area contributed by atoms with Crippen molar-refractivity contribution in [2.75, 3.05) is 119 Å². The molecule has 0 fully saturated rings. The van der Waals surface area contributed by atoms with Gasteiger partial charge in [0.05, 0.1) is 119 Å². The molecular weight excluding hydrogens is 2030 g/mol. The highest BCUT2D eigenvalue weighted by atomic mass is 79.9. The lowest BCUT2D eigenvalue weighted by molar-refractivity contribution is 0.258. The van der Waals surface area contributed by atoms with Crippen LogP contribution in [0.15, 0.2) is 245 Å². The molecule has 24 heteroatoms. The van der Waals surface area contributed by atoms with Crippen molar-refractivity contribution in [1.82, 2.24) is 0 Å². The molecule has 0 amide bonds. The van der Waals surface area contributed by atoms with Gasteiger partial charge in [0, 0.05) is 99.6 Å². The standard InChI is InChI=1S/C105H126Br6O18/c106-82-28-40-88(41-29-82)112-52-10-1-16-58-118-94-70-95(119-59-17-2-11-53-113-89-42-30-83(107)31-43-89)74-100(73-94)124-64-22-7-25-67-127-103-79-104(128-68-26-8-23-65-125-101-75-96(120-60-18-3-12-54-114-90-44-32-84(108)33-45-90)71-97(76-101)121-61-19-4-13-55-115-91-46-34-85(109)35-47-91)81-105(80-103)129-69-27-9-24-66-126-102-77-98(122-62-20-5-14-56-116-92-48-36-86(110)37-49-92)72-99(78-102)123-63-21-6-15-57-117-93-50-38-87(111)39-51-93/h28-51,70-81H,1-27,52-69H2. The summed E-state index contributed by atoms with van der Waals surface area (Å²) in [6.45, 7) is 10.4. The number of rotatable bonds is 72. The van der Waals surface area contributed by atoms with Crippen molar-refractivity contribution in [1.29, 1.82) is 0 Å². The molecule has 0 aliphatic heterocycles. The molecule has 10 rings (SSSR count). The molecule has 0 aliphatic rings. The number of benzene rings is 10. The molecule has 0 saturated heterocycles. The molecule has 0 N–H and O–H groups in total. The van der Waals surface area contributed by atoms with Gasteiger partial charge in [0.2, 0.25) is 0 Å². The quantitative estimate of drug-likeness (QED) is 0.0330. The van der Waals surface area contributed by atoms with E-state index < -0.39 is 0 Å². The molecule has 0 radical (unpaired) electrons. The fourth-order valence-electron chi connectivity index (χ4n) is 13.2. The summed E-state index contributed by atoms with van der Waals surface area (Å²) in [5.74, 6) is 13.7. The number of hydrogen-bond donors (Lipinski definition) is 0. The summed E-state index contributed by atoms with van der Waals surface area (Å²) in [5.41, 5.74) is 0. The highest BCUT2D eigenvalue weighted by Gasteiger charge is 2.14. The van der Waals surface area contributed by atoms with Gasteiger partial charge in [0.25, 0.3) is 0 Å². The number of halogens is 6. The minimum absolute atomic E-state index is 0.505. The van der Waals surface area contributed by atoms with Crippen LogP contribution in [0.1, 0.15) is 173 Å². The minimum Gasteiger partial charge on any atom is -0.494 e. The topological polar surface area (TPSA) is 166 Å². The van der Waals surface area contributed by atoms with E-state index in [-0.39, 0.29) is 0 Å². The summed E-state index contributed by atoms with van der Waals surface area (Å²) in [7, 11) is 0. The SMILES string of the molecule is Brc1ccc(OCCCCCOc2cc(OCCCCCOc3ccc(Br)cc3)cc(OCCCCCOc3cc(OCCCCCOc4cc(OCCCCCOc5ccc(Br)cc5)cc(OCCCCCOc5ccc(Br)cc5)c4)cc(OCCCCCOc4cc(OCCCCCOc5ccc(Br)cc5)cc(OCCCCCOc5ccc(Br)cc5)c4)c3)c2)cc1. The van der Waals surface area contributed by atoms with Gasteiger partial charge in [-0.25, -0.2) is 0 Å². The molecule has 0 aliphatic carbocycles. The Kier molecular flexibility index (Phi) is 50.5. The molecule has 0 atom stereocenters. The molecule has 10 aromatic carbocycles. The first-order chi connectivity index (χ1) is 63.4. The first kappa shape index (κ1) is 103. The Morgan fingerprint density at radius 1 is 0.101 bits per heavy atom. The second kappa shape index (κ2) is 63.5. The van der Waals surface area contributed by atoms with Crippen molar-refractivity contribution >= 4 is 95.6 Å². The highest BCUT2D eigenvalue weighted by Crippen LogP contribution is 2.35. The lowest BCUT2D eigenvalue weighted by Crippen LogP contribution is -2.05. The van der Waals surface area contributed by atoms with E-state index >= 15 is 0 Å². The largest absolute Gasteiger partial charge is 0.494 e. The minimum atomic E-state index is 0.505. The third-order valence-electron chi connectivity index (χ3n) is 20.2. The van der Waals surface area contributed by atoms with Gasteiger partial charge in [0.1, 0.15) is 103 Å². The van der Waals surface area contributed by atoms with Crippen LogP contribution in [0.5, 0.6) is 103 Å². The van der Waals surface area contributed by atoms with E-state index in [4.69, 9.17) is 85.3 Å². The lowest BCUT2D eigenvalue weighted by Gasteiger charge is -2.15. The van der Waals surface area contributed by atoms with Crippen LogP contribution < -0.4 is 85.3 Å². The second-order valence-electron chi connectivity index (χ2n) is 31.1. The first-order valence-corrected chi connectivity index (χ1v) is 50.6. The lowest BCUT2D eigenvalue weighted by atomic mass is 10.2. The van der Waals surface area contributed by atoms with Gasteiger partial charge in [0.15, 0.2) is 0 Å². The zero-order valence-corrected chi connectivity index (χ0v) is 83.7. The average Bonchev–Trinajstić information content (AvgIpc) is 0.871. The maximum absolute atomic E-state index is 6.49. The number of hydrogen-bond acceptors (Lipinski definition) is 18. The molecule has 0 bridgehead atoms. The van der Waals surface area contributed by atoms with Crippen LogP contribution in [0.4, 0.5) is 0 Å². The van der Waals surface area contributed by atoms with E-state index in [1.807, 2.05) is 218 Å². The Morgan fingerprint density at radius 2 is 0.178 bits per heavy atom. The van der Waals surface area contributed by atoms with Gasteiger partial charge >= 0.3 is 0 Å². The number of unbranched alkanes of at least 4 members (excludes halogenated alkanes) is 18. The monoisotopic (exact) mass is 2150 g/mol. The van der Waals surface area contributed by atoms with Gasteiger partial charge in [-0.15, -0.1) is 0 Å². The zero-order chi connectivity index (χ0) is 89.9.